The number of rotatable bonds is 5. The Bertz CT molecular complexity index is 366. The number of nitrogen functional groups attached to an aromatic ring is 1. The minimum absolute atomic E-state index is 0.0690. The van der Waals surface area contributed by atoms with Crippen LogP contribution in [0.25, 0.3) is 0 Å². The summed E-state index contributed by atoms with van der Waals surface area (Å²) in [6, 6.07) is 4.91. The summed E-state index contributed by atoms with van der Waals surface area (Å²) in [6.45, 7) is -0.295. The fraction of sp³-hybridized carbons (Fsp3) is 0.455. The van der Waals surface area contributed by atoms with Crippen LogP contribution >= 0.6 is 0 Å². The van der Waals surface area contributed by atoms with E-state index in [0.29, 0.717) is 17.0 Å². The molecule has 0 fully saturated rings. The lowest BCUT2D eigenvalue weighted by Crippen LogP contribution is -2.11. The van der Waals surface area contributed by atoms with Gasteiger partial charge in [-0.25, -0.2) is 0 Å². The molecule has 0 aliphatic rings. The smallest absolute Gasteiger partial charge is 0.391 e. The summed E-state index contributed by atoms with van der Waals surface area (Å²) in [7, 11) is 1.47. The summed E-state index contributed by atoms with van der Waals surface area (Å²) in [5.74, 6) is 0.511. The van der Waals surface area contributed by atoms with E-state index in [-0.39, 0.29) is 13.2 Å². The molecule has 0 saturated heterocycles. The zero-order chi connectivity index (χ0) is 12.9. The zero-order valence-corrected chi connectivity index (χ0v) is 9.38. The molecular formula is C11H14F3NO2. The van der Waals surface area contributed by atoms with Gasteiger partial charge in [-0.3, -0.25) is 0 Å². The summed E-state index contributed by atoms with van der Waals surface area (Å²) < 4.78 is 45.6. The molecule has 6 heteroatoms. The van der Waals surface area contributed by atoms with Gasteiger partial charge in [-0.2, -0.15) is 13.2 Å². The normalized spacial score (nSPS) is 11.5. The number of methoxy groups -OCH3 is 1. The third kappa shape index (κ3) is 4.95. The maximum absolute atomic E-state index is 11.9. The number of anilines is 1. The Morgan fingerprint density at radius 3 is 2.59 bits per heavy atom. The minimum Gasteiger partial charge on any atom is -0.496 e. The van der Waals surface area contributed by atoms with Crippen molar-refractivity contribution in [3.05, 3.63) is 23.8 Å². The van der Waals surface area contributed by atoms with Gasteiger partial charge >= 0.3 is 6.18 Å². The van der Waals surface area contributed by atoms with E-state index in [1.54, 1.807) is 18.2 Å². The van der Waals surface area contributed by atoms with Gasteiger partial charge in [0.2, 0.25) is 0 Å². The van der Waals surface area contributed by atoms with Crippen LogP contribution in [0.15, 0.2) is 18.2 Å². The van der Waals surface area contributed by atoms with Crippen molar-refractivity contribution in [2.24, 2.45) is 0 Å². The molecule has 0 heterocycles. The van der Waals surface area contributed by atoms with E-state index in [2.05, 4.69) is 0 Å². The molecule has 0 bridgehead atoms. The first kappa shape index (κ1) is 13.6. The van der Waals surface area contributed by atoms with Gasteiger partial charge in [0.1, 0.15) is 5.75 Å². The third-order valence-corrected chi connectivity index (χ3v) is 2.10. The number of ether oxygens (including phenoxy) is 2. The minimum atomic E-state index is -4.19. The van der Waals surface area contributed by atoms with Gasteiger partial charge in [-0.1, -0.05) is 6.07 Å². The van der Waals surface area contributed by atoms with Crippen LogP contribution in [-0.4, -0.2) is 19.9 Å². The van der Waals surface area contributed by atoms with Crippen molar-refractivity contribution in [2.75, 3.05) is 19.5 Å². The first-order valence-corrected chi connectivity index (χ1v) is 4.99. The molecule has 0 radical (unpaired) electrons. The van der Waals surface area contributed by atoms with Crippen LogP contribution in [0, 0.1) is 0 Å². The first-order valence-electron chi connectivity index (χ1n) is 4.99. The van der Waals surface area contributed by atoms with Crippen LogP contribution in [0.3, 0.4) is 0 Å². The molecule has 0 atom stereocenters. The van der Waals surface area contributed by atoms with Gasteiger partial charge in [0.25, 0.3) is 0 Å². The van der Waals surface area contributed by atoms with Crippen molar-refractivity contribution >= 4 is 5.69 Å². The fourth-order valence-corrected chi connectivity index (χ4v) is 1.25. The van der Waals surface area contributed by atoms with Gasteiger partial charge in [0.05, 0.1) is 26.7 Å². The molecule has 0 spiro atoms. The number of halogens is 3. The number of alkyl halides is 3. The SMILES string of the molecule is COc1cc(N)ccc1COCCC(F)(F)F. The monoisotopic (exact) mass is 249 g/mol. The Morgan fingerprint density at radius 2 is 2.00 bits per heavy atom. The highest BCUT2D eigenvalue weighted by atomic mass is 19.4. The molecule has 0 amide bonds. The molecule has 3 nitrogen and oxygen atoms in total. The van der Waals surface area contributed by atoms with E-state index in [0.717, 1.165) is 0 Å². The van der Waals surface area contributed by atoms with Crippen molar-refractivity contribution in [2.45, 2.75) is 19.2 Å². The third-order valence-electron chi connectivity index (χ3n) is 2.10. The Morgan fingerprint density at radius 1 is 1.29 bits per heavy atom. The lowest BCUT2D eigenvalue weighted by atomic mass is 10.2. The molecular weight excluding hydrogens is 235 g/mol. The van der Waals surface area contributed by atoms with Crippen molar-refractivity contribution in [3.8, 4) is 5.75 Å². The topological polar surface area (TPSA) is 44.5 Å². The molecule has 2 N–H and O–H groups in total. The highest BCUT2D eigenvalue weighted by Gasteiger charge is 2.26. The van der Waals surface area contributed by atoms with Crippen molar-refractivity contribution in [1.29, 1.82) is 0 Å². The second-order valence-corrected chi connectivity index (χ2v) is 3.49. The molecule has 0 aliphatic heterocycles. The molecule has 1 rings (SSSR count). The molecule has 17 heavy (non-hydrogen) atoms. The summed E-state index contributed by atoms with van der Waals surface area (Å²) in [5.41, 5.74) is 6.74. The fourth-order valence-electron chi connectivity index (χ4n) is 1.25. The lowest BCUT2D eigenvalue weighted by Gasteiger charge is -2.10. The van der Waals surface area contributed by atoms with Gasteiger partial charge in [-0.15, -0.1) is 0 Å². The summed E-state index contributed by atoms with van der Waals surface area (Å²) in [5, 5.41) is 0. The van der Waals surface area contributed by atoms with Gasteiger partial charge in [0.15, 0.2) is 0 Å². The van der Waals surface area contributed by atoms with Crippen LogP contribution < -0.4 is 10.5 Å². The van der Waals surface area contributed by atoms with E-state index in [9.17, 15) is 13.2 Å². The zero-order valence-electron chi connectivity index (χ0n) is 9.38. The van der Waals surface area contributed by atoms with E-state index in [4.69, 9.17) is 15.2 Å². The molecule has 0 saturated carbocycles. The van der Waals surface area contributed by atoms with Crippen LogP contribution in [0.4, 0.5) is 18.9 Å². The van der Waals surface area contributed by atoms with Gasteiger partial charge < -0.3 is 15.2 Å². The Hall–Kier alpha value is -1.43. The van der Waals surface area contributed by atoms with E-state index in [1.165, 1.54) is 7.11 Å². The van der Waals surface area contributed by atoms with Crippen LogP contribution in [0.1, 0.15) is 12.0 Å². The van der Waals surface area contributed by atoms with Gasteiger partial charge in [-0.05, 0) is 6.07 Å². The summed E-state index contributed by atoms with van der Waals surface area (Å²) >= 11 is 0. The number of hydrogen-bond acceptors (Lipinski definition) is 3. The second-order valence-electron chi connectivity index (χ2n) is 3.49. The quantitative estimate of drug-likeness (QED) is 0.644. The van der Waals surface area contributed by atoms with E-state index in [1.807, 2.05) is 0 Å². The van der Waals surface area contributed by atoms with E-state index >= 15 is 0 Å². The average molecular weight is 249 g/mol. The standard InChI is InChI=1S/C11H14F3NO2/c1-16-10-6-9(15)3-2-8(10)7-17-5-4-11(12,13)14/h2-3,6H,4-5,7,15H2,1H3. The number of benzene rings is 1. The lowest BCUT2D eigenvalue weighted by molar-refractivity contribution is -0.146. The first-order chi connectivity index (χ1) is 7.92. The Kier molecular flexibility index (Phi) is 4.62. The van der Waals surface area contributed by atoms with Gasteiger partial charge in [0, 0.05) is 17.3 Å². The Labute approximate surface area is 97.3 Å². The molecule has 0 aromatic heterocycles. The number of nitrogens with two attached hydrogens (primary N) is 1. The predicted octanol–water partition coefficient (Wildman–Crippen LogP) is 2.75. The molecule has 96 valence electrons. The molecule has 0 aliphatic carbocycles. The highest BCUT2D eigenvalue weighted by Crippen LogP contribution is 2.23. The second kappa shape index (κ2) is 5.77. The largest absolute Gasteiger partial charge is 0.496 e. The maximum atomic E-state index is 11.9. The van der Waals surface area contributed by atoms with Crippen LogP contribution in [0.2, 0.25) is 0 Å². The van der Waals surface area contributed by atoms with E-state index < -0.39 is 12.6 Å². The average Bonchev–Trinajstić information content (AvgIpc) is 2.24. The highest BCUT2D eigenvalue weighted by molar-refractivity contribution is 5.48. The maximum Gasteiger partial charge on any atom is 0.391 e. The Balaban J connectivity index is 2.46. The van der Waals surface area contributed by atoms with Crippen molar-refractivity contribution < 1.29 is 22.6 Å². The molecule has 1 aromatic carbocycles. The van der Waals surface area contributed by atoms with Crippen LogP contribution in [0.5, 0.6) is 5.75 Å². The summed E-state index contributed by atoms with van der Waals surface area (Å²) in [4.78, 5) is 0. The number of hydrogen-bond donors (Lipinski definition) is 1. The molecule has 0 unspecified atom stereocenters. The van der Waals surface area contributed by atoms with Crippen molar-refractivity contribution in [3.63, 3.8) is 0 Å². The molecule has 1 aromatic rings. The van der Waals surface area contributed by atoms with Crippen molar-refractivity contribution in [1.82, 2.24) is 0 Å². The van der Waals surface area contributed by atoms with Crippen LogP contribution in [-0.2, 0) is 11.3 Å². The summed E-state index contributed by atoms with van der Waals surface area (Å²) in [6.07, 6.45) is -5.14. The predicted molar refractivity (Wildman–Crippen MR) is 57.7 cm³/mol.